The molecule has 0 saturated heterocycles. The van der Waals surface area contributed by atoms with E-state index >= 15 is 0 Å². The lowest BCUT2D eigenvalue weighted by Crippen LogP contribution is -2.42. The van der Waals surface area contributed by atoms with Gasteiger partial charge in [-0.05, 0) is 25.5 Å². The van der Waals surface area contributed by atoms with Crippen LogP contribution in [0.3, 0.4) is 0 Å². The number of para-hydroxylation sites is 1. The lowest BCUT2D eigenvalue weighted by atomic mass is 10.3. The van der Waals surface area contributed by atoms with Crippen molar-refractivity contribution < 1.29 is 0 Å². The molecule has 1 aromatic carbocycles. The first-order valence-electron chi connectivity index (χ1n) is 5.51. The van der Waals surface area contributed by atoms with E-state index in [0.717, 1.165) is 13.0 Å². The average Bonchev–Trinajstić information content (AvgIpc) is 2.72. The molecule has 1 atom stereocenters. The number of hydrazine groups is 1. The topological polar surface area (TPSA) is 18.8 Å². The molecule has 0 fully saturated rings. The van der Waals surface area contributed by atoms with E-state index in [2.05, 4.69) is 53.1 Å². The lowest BCUT2D eigenvalue weighted by molar-refractivity contribution is 0.395. The van der Waals surface area contributed by atoms with Crippen LogP contribution in [0.5, 0.6) is 0 Å². The Hall–Kier alpha value is -1.51. The summed E-state index contributed by atoms with van der Waals surface area (Å²) in [6.07, 6.45) is 3.22. The third kappa shape index (κ3) is 1.82. The molecule has 0 N–H and O–H groups in total. The van der Waals surface area contributed by atoms with Crippen molar-refractivity contribution >= 4 is 12.0 Å². The van der Waals surface area contributed by atoms with E-state index in [1.54, 1.807) is 0 Å². The van der Waals surface area contributed by atoms with Crippen LogP contribution in [0.4, 0.5) is 5.69 Å². The van der Waals surface area contributed by atoms with Crippen LogP contribution in [0, 0.1) is 0 Å². The van der Waals surface area contributed by atoms with Gasteiger partial charge in [0.25, 0.3) is 0 Å². The van der Waals surface area contributed by atoms with E-state index < -0.39 is 0 Å². The van der Waals surface area contributed by atoms with Crippen molar-refractivity contribution in [3.63, 3.8) is 0 Å². The first kappa shape index (κ1) is 10.0. The summed E-state index contributed by atoms with van der Waals surface area (Å²) in [5, 5.41) is 4.41. The van der Waals surface area contributed by atoms with Crippen LogP contribution in [-0.4, -0.2) is 24.1 Å². The normalized spacial score (nSPS) is 20.0. The Labute approximate surface area is 91.0 Å². The molecule has 3 heteroatoms. The molecule has 0 saturated carbocycles. The maximum Gasteiger partial charge on any atom is 0.141 e. The third-order valence-corrected chi connectivity index (χ3v) is 2.64. The molecule has 0 aromatic heterocycles. The molecule has 1 unspecified atom stereocenters. The maximum atomic E-state index is 4.49. The monoisotopic (exact) mass is 203 g/mol. The summed E-state index contributed by atoms with van der Waals surface area (Å²) in [6.45, 7) is 5.26. The molecule has 1 aliphatic rings. The predicted octanol–water partition coefficient (Wildman–Crippen LogP) is 2.51. The van der Waals surface area contributed by atoms with Crippen molar-refractivity contribution in [3.8, 4) is 0 Å². The molecule has 0 amide bonds. The molecule has 0 aliphatic carbocycles. The summed E-state index contributed by atoms with van der Waals surface area (Å²) in [5.41, 5.74) is 1.21. The Morgan fingerprint density at radius 1 is 1.20 bits per heavy atom. The molecule has 0 spiro atoms. The lowest BCUT2D eigenvalue weighted by Gasteiger charge is -2.32. The second-order valence-electron chi connectivity index (χ2n) is 3.59. The smallest absolute Gasteiger partial charge is 0.141 e. The SMILES string of the molecule is CCC1N=CN(CC)N1c1ccccc1. The van der Waals surface area contributed by atoms with Crippen molar-refractivity contribution in [2.45, 2.75) is 26.4 Å². The minimum absolute atomic E-state index is 0.257. The van der Waals surface area contributed by atoms with E-state index in [9.17, 15) is 0 Å². The molecule has 15 heavy (non-hydrogen) atoms. The molecular weight excluding hydrogens is 186 g/mol. The fourth-order valence-electron chi connectivity index (χ4n) is 1.86. The Morgan fingerprint density at radius 3 is 2.53 bits per heavy atom. The third-order valence-electron chi connectivity index (χ3n) is 2.64. The van der Waals surface area contributed by atoms with Crippen LogP contribution in [0.15, 0.2) is 35.3 Å². The Bertz CT molecular complexity index is 320. The van der Waals surface area contributed by atoms with Crippen LogP contribution in [0.1, 0.15) is 20.3 Å². The summed E-state index contributed by atoms with van der Waals surface area (Å²) in [4.78, 5) is 4.49. The number of anilines is 1. The summed E-state index contributed by atoms with van der Waals surface area (Å²) in [5.74, 6) is 0. The van der Waals surface area contributed by atoms with Gasteiger partial charge in [0.05, 0.1) is 5.69 Å². The van der Waals surface area contributed by atoms with E-state index in [0.29, 0.717) is 0 Å². The van der Waals surface area contributed by atoms with Crippen molar-refractivity contribution in [2.24, 2.45) is 4.99 Å². The van der Waals surface area contributed by atoms with Gasteiger partial charge in [-0.25, -0.2) is 4.99 Å². The standard InChI is InChI=1S/C12H17N3/c1-3-12-13-10-14(4-2)15(12)11-8-6-5-7-9-11/h5-10,12H,3-4H2,1-2H3. The first-order chi connectivity index (χ1) is 7.36. The van der Waals surface area contributed by atoms with E-state index in [4.69, 9.17) is 0 Å². The summed E-state index contributed by atoms with van der Waals surface area (Å²) in [6, 6.07) is 10.4. The van der Waals surface area contributed by atoms with E-state index in [1.807, 2.05) is 12.4 Å². The quantitative estimate of drug-likeness (QED) is 0.751. The fourth-order valence-corrected chi connectivity index (χ4v) is 1.86. The highest BCUT2D eigenvalue weighted by atomic mass is 15.7. The highest BCUT2D eigenvalue weighted by molar-refractivity contribution is 5.65. The van der Waals surface area contributed by atoms with Crippen LogP contribution in [0.2, 0.25) is 0 Å². The van der Waals surface area contributed by atoms with Crippen LogP contribution in [-0.2, 0) is 0 Å². The van der Waals surface area contributed by atoms with E-state index in [-0.39, 0.29) is 6.17 Å². The number of hydrogen-bond donors (Lipinski definition) is 0. The van der Waals surface area contributed by atoms with Gasteiger partial charge in [-0.3, -0.25) is 10.0 Å². The maximum absolute atomic E-state index is 4.49. The highest BCUT2D eigenvalue weighted by Gasteiger charge is 2.25. The number of benzene rings is 1. The van der Waals surface area contributed by atoms with Crippen LogP contribution < -0.4 is 5.01 Å². The second kappa shape index (κ2) is 4.34. The summed E-state index contributed by atoms with van der Waals surface area (Å²) >= 11 is 0. The van der Waals surface area contributed by atoms with Crippen molar-refractivity contribution in [1.82, 2.24) is 5.01 Å². The molecular formula is C12H17N3. The molecule has 0 radical (unpaired) electrons. The van der Waals surface area contributed by atoms with Crippen molar-refractivity contribution in [1.29, 1.82) is 0 Å². The molecule has 2 rings (SSSR count). The van der Waals surface area contributed by atoms with Gasteiger partial charge < -0.3 is 0 Å². The zero-order chi connectivity index (χ0) is 10.7. The average molecular weight is 203 g/mol. The first-order valence-corrected chi connectivity index (χ1v) is 5.51. The molecule has 3 nitrogen and oxygen atoms in total. The van der Waals surface area contributed by atoms with Gasteiger partial charge in [0, 0.05) is 6.54 Å². The largest absolute Gasteiger partial charge is 0.273 e. The van der Waals surface area contributed by atoms with Crippen molar-refractivity contribution in [3.05, 3.63) is 30.3 Å². The fraction of sp³-hybridized carbons (Fsp3) is 0.417. The predicted molar refractivity (Wildman–Crippen MR) is 63.9 cm³/mol. The van der Waals surface area contributed by atoms with Gasteiger partial charge in [-0.1, -0.05) is 25.1 Å². The van der Waals surface area contributed by atoms with Crippen LogP contribution in [0.25, 0.3) is 0 Å². The van der Waals surface area contributed by atoms with Gasteiger partial charge in [0.15, 0.2) is 0 Å². The zero-order valence-electron chi connectivity index (χ0n) is 9.30. The Morgan fingerprint density at radius 2 is 1.93 bits per heavy atom. The summed E-state index contributed by atoms with van der Waals surface area (Å²) < 4.78 is 0. The number of rotatable bonds is 3. The second-order valence-corrected chi connectivity index (χ2v) is 3.59. The van der Waals surface area contributed by atoms with Gasteiger partial charge >= 0.3 is 0 Å². The molecule has 1 aromatic rings. The van der Waals surface area contributed by atoms with Crippen LogP contribution >= 0.6 is 0 Å². The van der Waals surface area contributed by atoms with E-state index in [1.165, 1.54) is 5.69 Å². The van der Waals surface area contributed by atoms with Gasteiger partial charge in [0.1, 0.15) is 12.5 Å². The molecule has 80 valence electrons. The summed E-state index contributed by atoms with van der Waals surface area (Å²) in [7, 11) is 0. The van der Waals surface area contributed by atoms with Gasteiger partial charge in [0.2, 0.25) is 0 Å². The number of nitrogens with zero attached hydrogens (tertiary/aromatic N) is 3. The molecule has 0 bridgehead atoms. The van der Waals surface area contributed by atoms with Gasteiger partial charge in [-0.15, -0.1) is 0 Å². The van der Waals surface area contributed by atoms with Crippen molar-refractivity contribution in [2.75, 3.05) is 11.6 Å². The Kier molecular flexibility index (Phi) is 2.90. The number of hydrogen-bond acceptors (Lipinski definition) is 3. The minimum Gasteiger partial charge on any atom is -0.273 e. The highest BCUT2D eigenvalue weighted by Crippen LogP contribution is 2.23. The number of aliphatic imine (C=N–C) groups is 1. The minimum atomic E-state index is 0.257. The van der Waals surface area contributed by atoms with Gasteiger partial charge in [-0.2, -0.15) is 0 Å². The molecule has 1 aliphatic heterocycles. The zero-order valence-corrected chi connectivity index (χ0v) is 9.30. The Balaban J connectivity index is 2.26. The molecule has 1 heterocycles.